The zero-order chi connectivity index (χ0) is 21.2. The Kier molecular flexibility index (Phi) is 4.97. The number of amides is 1. The second kappa shape index (κ2) is 8.07. The Morgan fingerprint density at radius 1 is 0.903 bits per heavy atom. The summed E-state index contributed by atoms with van der Waals surface area (Å²) in [4.78, 5) is 29.6. The highest BCUT2D eigenvalue weighted by molar-refractivity contribution is 5.93. The van der Waals surface area contributed by atoms with Gasteiger partial charge < -0.3 is 9.88 Å². The number of benzene rings is 3. The second-order valence-electron chi connectivity index (χ2n) is 7.78. The molecule has 1 aromatic heterocycles. The highest BCUT2D eigenvalue weighted by Crippen LogP contribution is 2.38. The molecule has 0 aliphatic carbocycles. The average molecular weight is 406 g/mol. The van der Waals surface area contributed by atoms with Gasteiger partial charge in [0, 0.05) is 34.8 Å². The Morgan fingerprint density at radius 3 is 2.39 bits per heavy atom. The maximum atomic E-state index is 13.3. The van der Waals surface area contributed by atoms with Crippen LogP contribution in [-0.4, -0.2) is 28.6 Å². The molecule has 1 aliphatic rings. The first-order valence-corrected chi connectivity index (χ1v) is 10.4. The fraction of sp³-hybridized carbons (Fsp3) is 0.111. The number of aromatic nitrogens is 1. The van der Waals surface area contributed by atoms with Gasteiger partial charge in [0.05, 0.1) is 6.04 Å². The molecule has 1 unspecified atom stereocenters. The molecule has 0 fully saturated rings. The first-order valence-electron chi connectivity index (χ1n) is 10.4. The van der Waals surface area contributed by atoms with E-state index >= 15 is 0 Å². The SMILES string of the molecule is O=Cc1ccc(/C=C/C(=O)N2CCc3c([nH]c4ccccc34)C2c2ccccc2)cc1. The number of fused-ring (bicyclic) bond motifs is 3. The Morgan fingerprint density at radius 2 is 1.61 bits per heavy atom. The number of para-hydroxylation sites is 1. The van der Waals surface area contributed by atoms with E-state index < -0.39 is 0 Å². The number of carbonyl (C=O) groups is 2. The number of aldehydes is 1. The average Bonchev–Trinajstić information content (AvgIpc) is 3.21. The molecule has 1 atom stereocenters. The predicted octanol–water partition coefficient (Wildman–Crippen LogP) is 5.17. The molecular weight excluding hydrogens is 384 g/mol. The van der Waals surface area contributed by atoms with Crippen molar-refractivity contribution in [3.8, 4) is 0 Å². The van der Waals surface area contributed by atoms with Crippen molar-refractivity contribution in [2.75, 3.05) is 6.54 Å². The third kappa shape index (κ3) is 3.57. The number of hydrogen-bond donors (Lipinski definition) is 1. The van der Waals surface area contributed by atoms with Crippen LogP contribution >= 0.6 is 0 Å². The van der Waals surface area contributed by atoms with E-state index in [0.717, 1.165) is 35.0 Å². The van der Waals surface area contributed by atoms with Crippen LogP contribution in [0.3, 0.4) is 0 Å². The Hall–Kier alpha value is -3.92. The highest BCUT2D eigenvalue weighted by atomic mass is 16.2. The summed E-state index contributed by atoms with van der Waals surface area (Å²) >= 11 is 0. The molecular formula is C27H22N2O2. The van der Waals surface area contributed by atoms with Gasteiger partial charge in [-0.25, -0.2) is 0 Å². The maximum Gasteiger partial charge on any atom is 0.247 e. The molecule has 0 saturated carbocycles. The molecule has 1 amide bonds. The van der Waals surface area contributed by atoms with Gasteiger partial charge in [-0.1, -0.05) is 72.8 Å². The summed E-state index contributed by atoms with van der Waals surface area (Å²) in [6, 6.07) is 25.5. The van der Waals surface area contributed by atoms with Crippen LogP contribution in [0.25, 0.3) is 17.0 Å². The summed E-state index contributed by atoms with van der Waals surface area (Å²) in [6.07, 6.45) is 5.06. The Bertz CT molecular complexity index is 1270. The lowest BCUT2D eigenvalue weighted by atomic mass is 9.92. The van der Waals surface area contributed by atoms with Gasteiger partial charge in [0.15, 0.2) is 0 Å². The lowest BCUT2D eigenvalue weighted by molar-refractivity contribution is -0.128. The van der Waals surface area contributed by atoms with Crippen molar-refractivity contribution in [3.05, 3.63) is 113 Å². The van der Waals surface area contributed by atoms with Gasteiger partial charge in [0.1, 0.15) is 6.29 Å². The minimum Gasteiger partial charge on any atom is -0.356 e. The van der Waals surface area contributed by atoms with Crippen LogP contribution < -0.4 is 0 Å². The number of hydrogen-bond acceptors (Lipinski definition) is 2. The fourth-order valence-corrected chi connectivity index (χ4v) is 4.41. The van der Waals surface area contributed by atoms with E-state index in [-0.39, 0.29) is 11.9 Å². The first-order chi connectivity index (χ1) is 15.2. The topological polar surface area (TPSA) is 53.2 Å². The van der Waals surface area contributed by atoms with Crippen molar-refractivity contribution in [3.63, 3.8) is 0 Å². The monoisotopic (exact) mass is 406 g/mol. The molecule has 0 radical (unpaired) electrons. The number of nitrogens with zero attached hydrogens (tertiary/aromatic N) is 1. The van der Waals surface area contributed by atoms with E-state index in [4.69, 9.17) is 0 Å². The smallest absolute Gasteiger partial charge is 0.247 e. The molecule has 1 N–H and O–H groups in total. The van der Waals surface area contributed by atoms with Gasteiger partial charge in [-0.15, -0.1) is 0 Å². The standard InChI is InChI=1S/C27H22N2O2/c30-18-20-12-10-19(11-13-20)14-15-25(31)29-17-16-23-22-8-4-5-9-24(22)28-26(23)27(29)21-6-2-1-3-7-21/h1-15,18,27-28H,16-17H2/b15-14+. The van der Waals surface area contributed by atoms with Crippen LogP contribution in [0.1, 0.15) is 38.8 Å². The van der Waals surface area contributed by atoms with Crippen molar-refractivity contribution in [1.29, 1.82) is 0 Å². The quantitative estimate of drug-likeness (QED) is 0.376. The summed E-state index contributed by atoms with van der Waals surface area (Å²) in [5.41, 5.74) is 6.09. The van der Waals surface area contributed by atoms with Crippen molar-refractivity contribution >= 4 is 29.2 Å². The van der Waals surface area contributed by atoms with Crippen LogP contribution in [0.5, 0.6) is 0 Å². The molecule has 0 saturated heterocycles. The molecule has 4 nitrogen and oxygen atoms in total. The molecule has 4 heteroatoms. The summed E-state index contributed by atoms with van der Waals surface area (Å²) < 4.78 is 0. The summed E-state index contributed by atoms with van der Waals surface area (Å²) in [6.45, 7) is 0.654. The molecule has 152 valence electrons. The highest BCUT2D eigenvalue weighted by Gasteiger charge is 2.33. The Balaban J connectivity index is 1.51. The first kappa shape index (κ1) is 19.1. The lowest BCUT2D eigenvalue weighted by Crippen LogP contribution is -2.39. The fourth-order valence-electron chi connectivity index (χ4n) is 4.41. The summed E-state index contributed by atoms with van der Waals surface area (Å²) in [5, 5.41) is 1.23. The second-order valence-corrected chi connectivity index (χ2v) is 7.78. The lowest BCUT2D eigenvalue weighted by Gasteiger charge is -2.35. The van der Waals surface area contributed by atoms with E-state index in [1.54, 1.807) is 24.3 Å². The molecule has 31 heavy (non-hydrogen) atoms. The molecule has 2 heterocycles. The number of aromatic amines is 1. The number of nitrogens with one attached hydrogen (secondary N) is 1. The van der Waals surface area contributed by atoms with E-state index in [1.165, 1.54) is 10.9 Å². The van der Waals surface area contributed by atoms with Gasteiger partial charge in [-0.3, -0.25) is 9.59 Å². The van der Waals surface area contributed by atoms with Crippen molar-refractivity contribution < 1.29 is 9.59 Å². The summed E-state index contributed by atoms with van der Waals surface area (Å²) in [5.74, 6) is -0.0300. The predicted molar refractivity (Wildman–Crippen MR) is 123 cm³/mol. The van der Waals surface area contributed by atoms with E-state index in [9.17, 15) is 9.59 Å². The van der Waals surface area contributed by atoms with Gasteiger partial charge in [-0.2, -0.15) is 0 Å². The van der Waals surface area contributed by atoms with Crippen molar-refractivity contribution in [2.24, 2.45) is 0 Å². The molecule has 5 rings (SSSR count). The third-order valence-corrected chi connectivity index (χ3v) is 5.92. The minimum atomic E-state index is -0.160. The normalized spacial score (nSPS) is 15.9. The van der Waals surface area contributed by atoms with Crippen molar-refractivity contribution in [2.45, 2.75) is 12.5 Å². The third-order valence-electron chi connectivity index (χ3n) is 5.92. The summed E-state index contributed by atoms with van der Waals surface area (Å²) in [7, 11) is 0. The zero-order valence-electron chi connectivity index (χ0n) is 17.0. The van der Waals surface area contributed by atoms with Gasteiger partial charge in [0.2, 0.25) is 5.91 Å². The molecule has 0 bridgehead atoms. The molecule has 0 spiro atoms. The number of carbonyl (C=O) groups excluding carboxylic acids is 2. The van der Waals surface area contributed by atoms with E-state index in [1.807, 2.05) is 41.3 Å². The minimum absolute atomic E-state index is 0.0300. The maximum absolute atomic E-state index is 13.3. The number of H-pyrrole nitrogens is 1. The van der Waals surface area contributed by atoms with Gasteiger partial charge in [-0.05, 0) is 35.3 Å². The van der Waals surface area contributed by atoms with Crippen molar-refractivity contribution in [1.82, 2.24) is 9.88 Å². The molecule has 3 aromatic carbocycles. The molecule has 4 aromatic rings. The van der Waals surface area contributed by atoms with Crippen LogP contribution in [0, 0.1) is 0 Å². The van der Waals surface area contributed by atoms with E-state index in [0.29, 0.717) is 12.1 Å². The van der Waals surface area contributed by atoms with Crippen LogP contribution in [0.4, 0.5) is 0 Å². The largest absolute Gasteiger partial charge is 0.356 e. The molecule has 1 aliphatic heterocycles. The van der Waals surface area contributed by atoms with Crippen LogP contribution in [0.2, 0.25) is 0 Å². The Labute approximate surface area is 180 Å². The van der Waals surface area contributed by atoms with Crippen LogP contribution in [0.15, 0.2) is 84.9 Å². The number of rotatable bonds is 4. The van der Waals surface area contributed by atoms with Gasteiger partial charge >= 0.3 is 0 Å². The van der Waals surface area contributed by atoms with Crippen LogP contribution in [-0.2, 0) is 11.2 Å². The van der Waals surface area contributed by atoms with E-state index in [2.05, 4.69) is 35.3 Å². The zero-order valence-corrected chi connectivity index (χ0v) is 17.0. The van der Waals surface area contributed by atoms with Gasteiger partial charge in [0.25, 0.3) is 0 Å².